The third-order valence-corrected chi connectivity index (χ3v) is 7.78. The van der Waals surface area contributed by atoms with Crippen molar-refractivity contribution in [3.05, 3.63) is 42.1 Å². The average Bonchev–Trinajstić information content (AvgIpc) is 3.16. The number of benzene rings is 1. The first-order chi connectivity index (χ1) is 19.2. The number of halogens is 1. The van der Waals surface area contributed by atoms with E-state index < -0.39 is 12.6 Å². The lowest BCUT2D eigenvalue weighted by atomic mass is 9.68. The third-order valence-electron chi connectivity index (χ3n) is 7.78. The van der Waals surface area contributed by atoms with Crippen LogP contribution in [0, 0.1) is 5.41 Å². The predicted octanol–water partition coefficient (Wildman–Crippen LogP) is 6.11. The molecule has 2 aliphatic rings. The molecule has 8 nitrogen and oxygen atoms in total. The quantitative estimate of drug-likeness (QED) is 0.444. The molecular weight excluding hydrogens is 485 g/mol. The number of nitrogen functional groups attached to an aromatic ring is 1. The van der Waals surface area contributed by atoms with Gasteiger partial charge in [-0.15, -0.1) is 0 Å². The zero-order valence-corrected chi connectivity index (χ0v) is 22.3. The lowest BCUT2D eigenvalue weighted by Crippen LogP contribution is -2.45. The number of allylic oxidation sites excluding steroid dienone is 2. The summed E-state index contributed by atoms with van der Waals surface area (Å²) in [7, 11) is -0.733. The van der Waals surface area contributed by atoms with E-state index in [4.69, 9.17) is 19.3 Å². The van der Waals surface area contributed by atoms with Gasteiger partial charge >= 0.3 is 6.09 Å². The number of hydrogen-bond donors (Lipinski definition) is 1. The molecule has 1 spiro atoms. The number of piperidine rings is 1. The fourth-order valence-corrected chi connectivity index (χ4v) is 5.81. The maximum atomic E-state index is 16.2. The molecule has 2 aromatic heterocycles. The van der Waals surface area contributed by atoms with Crippen LogP contribution >= 0.6 is 0 Å². The molecular formula is C29H36FN5O3. The minimum Gasteiger partial charge on any atom is -0.497 e. The van der Waals surface area contributed by atoms with Crippen LogP contribution in [0.5, 0.6) is 5.75 Å². The van der Waals surface area contributed by atoms with Crippen molar-refractivity contribution in [1.82, 2.24) is 19.4 Å². The van der Waals surface area contributed by atoms with E-state index in [1.54, 1.807) is 29.2 Å². The van der Waals surface area contributed by atoms with Gasteiger partial charge in [0.15, 0.2) is 0 Å². The van der Waals surface area contributed by atoms with Crippen LogP contribution in [-0.4, -0.2) is 51.3 Å². The molecule has 5 rings (SSSR count). The number of anilines is 1. The van der Waals surface area contributed by atoms with E-state index >= 15 is 4.39 Å². The zero-order chi connectivity index (χ0) is 29.7. The first-order valence-electron chi connectivity index (χ1n) is 14.4. The van der Waals surface area contributed by atoms with E-state index in [0.717, 1.165) is 12.0 Å². The molecule has 1 saturated heterocycles. The summed E-state index contributed by atoms with van der Waals surface area (Å²) < 4.78 is 50.7. The number of likely N-dealkylation sites (tertiary alicyclic amines) is 1. The van der Waals surface area contributed by atoms with E-state index in [-0.39, 0.29) is 35.3 Å². The fourth-order valence-electron chi connectivity index (χ4n) is 5.81. The first kappa shape index (κ1) is 22.4. The highest BCUT2D eigenvalue weighted by Crippen LogP contribution is 2.51. The van der Waals surface area contributed by atoms with E-state index in [2.05, 4.69) is 9.97 Å². The summed E-state index contributed by atoms with van der Waals surface area (Å²) in [6.45, 7) is 6.61. The topological polar surface area (TPSA) is 95.5 Å². The molecule has 9 heteroatoms. The fraction of sp³-hybridized carbons (Fsp3) is 0.483. The standard InChI is InChI=1S/C29H36FN5O3/c1-28(2,3)38-27(36)35-14-12-29(13-15-35)11-10-20(21(30)16-29)24-22(18-6-8-19(37-5)9-7-18)23-25(31)32-17-33-26(23)34(24)4/h6-9,17H,10-16H2,1-5H3,(H2,31,32,33)/i5D3. The van der Waals surface area contributed by atoms with Crippen LogP contribution in [0.25, 0.3) is 27.7 Å². The van der Waals surface area contributed by atoms with Gasteiger partial charge in [-0.1, -0.05) is 12.1 Å². The van der Waals surface area contributed by atoms with Crippen LogP contribution < -0.4 is 10.5 Å². The van der Waals surface area contributed by atoms with Crippen LogP contribution in [0.3, 0.4) is 0 Å². The average molecular weight is 525 g/mol. The largest absolute Gasteiger partial charge is 0.497 e. The molecule has 1 aliphatic heterocycles. The Morgan fingerprint density at radius 1 is 1.16 bits per heavy atom. The van der Waals surface area contributed by atoms with Gasteiger partial charge in [-0.3, -0.25) is 0 Å². The van der Waals surface area contributed by atoms with Gasteiger partial charge in [0.1, 0.15) is 35.0 Å². The number of aromatic nitrogens is 3. The summed E-state index contributed by atoms with van der Waals surface area (Å²) in [5, 5.41) is 0.612. The van der Waals surface area contributed by atoms with Gasteiger partial charge in [0.05, 0.1) is 22.2 Å². The van der Waals surface area contributed by atoms with Crippen molar-refractivity contribution in [2.75, 3.05) is 25.9 Å². The first-order valence-corrected chi connectivity index (χ1v) is 12.9. The predicted molar refractivity (Wildman–Crippen MR) is 146 cm³/mol. The van der Waals surface area contributed by atoms with E-state index in [9.17, 15) is 4.79 Å². The maximum absolute atomic E-state index is 16.2. The second-order valence-corrected chi connectivity index (χ2v) is 11.4. The highest BCUT2D eigenvalue weighted by Gasteiger charge is 2.41. The molecule has 0 bridgehead atoms. The number of methoxy groups -OCH3 is 1. The summed E-state index contributed by atoms with van der Waals surface area (Å²) in [5.74, 6) is 0.294. The number of amides is 1. The Morgan fingerprint density at radius 3 is 2.50 bits per heavy atom. The number of carbonyl (C=O) groups excluding carboxylic acids is 1. The Labute approximate surface area is 226 Å². The van der Waals surface area contributed by atoms with Gasteiger partial charge in [-0.25, -0.2) is 19.2 Å². The number of fused-ring (bicyclic) bond motifs is 1. The number of carbonyl (C=O) groups is 1. The molecule has 202 valence electrons. The molecule has 0 saturated carbocycles. The van der Waals surface area contributed by atoms with E-state index in [1.807, 2.05) is 32.4 Å². The van der Waals surface area contributed by atoms with Crippen molar-refractivity contribution in [2.24, 2.45) is 12.5 Å². The summed E-state index contributed by atoms with van der Waals surface area (Å²) in [6, 6.07) is 6.62. The maximum Gasteiger partial charge on any atom is 0.410 e. The number of aryl methyl sites for hydroxylation is 1. The van der Waals surface area contributed by atoms with Gasteiger partial charge in [0.25, 0.3) is 0 Å². The second kappa shape index (κ2) is 9.60. The summed E-state index contributed by atoms with van der Waals surface area (Å²) in [4.78, 5) is 22.9. The van der Waals surface area contributed by atoms with Crippen molar-refractivity contribution in [3.8, 4) is 16.9 Å². The number of hydrogen-bond acceptors (Lipinski definition) is 6. The van der Waals surface area contributed by atoms with Crippen LogP contribution in [0.4, 0.5) is 15.0 Å². The summed E-state index contributed by atoms with van der Waals surface area (Å²) in [6.07, 6.45) is 4.06. The van der Waals surface area contributed by atoms with E-state index in [0.29, 0.717) is 60.2 Å². The molecule has 1 fully saturated rings. The second-order valence-electron chi connectivity index (χ2n) is 11.4. The molecule has 1 aromatic carbocycles. The van der Waals surface area contributed by atoms with Crippen molar-refractivity contribution in [1.29, 1.82) is 0 Å². The minimum absolute atomic E-state index is 0.178. The lowest BCUT2D eigenvalue weighted by molar-refractivity contribution is 0.00784. The van der Waals surface area contributed by atoms with Gasteiger partial charge < -0.3 is 24.7 Å². The van der Waals surface area contributed by atoms with Crippen LogP contribution in [0.1, 0.15) is 62.7 Å². The Balaban J connectivity index is 1.48. The summed E-state index contributed by atoms with van der Waals surface area (Å²) in [5.41, 5.74) is 8.82. The molecule has 0 atom stereocenters. The minimum atomic E-state index is -2.57. The third kappa shape index (κ3) is 4.70. The van der Waals surface area contributed by atoms with Crippen molar-refractivity contribution in [3.63, 3.8) is 0 Å². The van der Waals surface area contributed by atoms with Gasteiger partial charge in [-0.2, -0.15) is 0 Å². The van der Waals surface area contributed by atoms with Crippen LogP contribution in [0.2, 0.25) is 0 Å². The lowest BCUT2D eigenvalue weighted by Gasteiger charge is -2.44. The molecule has 3 heterocycles. The SMILES string of the molecule is [2H]C([2H])([2H])Oc1ccc(-c2c(C3=C(F)CC4(CC3)CCN(C(=O)OC(C)(C)C)CC4)n(C)c3ncnc(N)c23)cc1. The number of nitrogens with zero attached hydrogens (tertiary/aromatic N) is 4. The Bertz CT molecular complexity index is 1500. The highest BCUT2D eigenvalue weighted by atomic mass is 19.1. The van der Waals surface area contributed by atoms with Gasteiger partial charge in [0.2, 0.25) is 0 Å². The Kier molecular flexibility index (Phi) is 5.65. The molecule has 1 amide bonds. The van der Waals surface area contributed by atoms with Crippen LogP contribution in [0.15, 0.2) is 36.4 Å². The molecule has 2 N–H and O–H groups in total. The van der Waals surface area contributed by atoms with Gasteiger partial charge in [0, 0.05) is 37.7 Å². The number of nitrogens with two attached hydrogens (primary N) is 1. The van der Waals surface area contributed by atoms with E-state index in [1.165, 1.54) is 6.33 Å². The van der Waals surface area contributed by atoms with Crippen LogP contribution in [-0.2, 0) is 11.8 Å². The van der Waals surface area contributed by atoms with Crippen molar-refractivity contribution in [2.45, 2.75) is 58.5 Å². The molecule has 0 radical (unpaired) electrons. The Hall–Kier alpha value is -3.62. The molecule has 0 unspecified atom stereocenters. The van der Waals surface area contributed by atoms with Gasteiger partial charge in [-0.05, 0) is 69.6 Å². The monoisotopic (exact) mass is 524 g/mol. The number of ether oxygens (including phenoxy) is 2. The normalized spacial score (nSPS) is 19.3. The molecule has 3 aromatic rings. The number of rotatable bonds is 3. The smallest absolute Gasteiger partial charge is 0.410 e. The highest BCUT2D eigenvalue weighted by molar-refractivity contribution is 6.06. The zero-order valence-electron chi connectivity index (χ0n) is 25.3. The molecule has 1 aliphatic carbocycles. The summed E-state index contributed by atoms with van der Waals surface area (Å²) >= 11 is 0. The van der Waals surface area contributed by atoms with Crippen molar-refractivity contribution < 1.29 is 22.8 Å². The van der Waals surface area contributed by atoms with Crippen molar-refractivity contribution >= 4 is 28.5 Å². The Morgan fingerprint density at radius 2 is 1.87 bits per heavy atom. The molecule has 38 heavy (non-hydrogen) atoms.